The number of primary amides is 1. The first kappa shape index (κ1) is 11.4. The molecule has 1 unspecified atom stereocenters. The zero-order valence-electron chi connectivity index (χ0n) is 9.45. The van der Waals surface area contributed by atoms with Gasteiger partial charge >= 0.3 is 0 Å². The molecule has 0 radical (unpaired) electrons. The fraction of sp³-hybridized carbons (Fsp3) is 0.818. The first-order valence-electron chi connectivity index (χ1n) is 5.98. The van der Waals surface area contributed by atoms with Gasteiger partial charge in [-0.15, -0.1) is 0 Å². The predicted molar refractivity (Wildman–Crippen MR) is 59.5 cm³/mol. The number of carbonyl (C=O) groups is 2. The summed E-state index contributed by atoms with van der Waals surface area (Å²) in [5, 5.41) is 3.21. The normalized spacial score (nSPS) is 25.1. The number of nitrogens with one attached hydrogen (secondary N) is 1. The average molecular weight is 225 g/mol. The van der Waals surface area contributed by atoms with E-state index in [0.717, 1.165) is 38.8 Å². The summed E-state index contributed by atoms with van der Waals surface area (Å²) in [6.45, 7) is 1.77. The van der Waals surface area contributed by atoms with Crippen LogP contribution >= 0.6 is 0 Å². The number of nitrogens with two attached hydrogens (primary N) is 1. The molecule has 1 saturated carbocycles. The summed E-state index contributed by atoms with van der Waals surface area (Å²) in [5.74, 6) is -0.154. The minimum atomic E-state index is -0.417. The maximum atomic E-state index is 12.1. The van der Waals surface area contributed by atoms with E-state index in [9.17, 15) is 9.59 Å². The SMILES string of the molecule is NC(=O)CN(C(=O)C1CCC1)C1CCNC1. The van der Waals surface area contributed by atoms with E-state index in [-0.39, 0.29) is 24.4 Å². The number of hydrogen-bond acceptors (Lipinski definition) is 3. The molecule has 2 aliphatic rings. The van der Waals surface area contributed by atoms with Crippen LogP contribution in [0.2, 0.25) is 0 Å². The molecule has 2 fully saturated rings. The van der Waals surface area contributed by atoms with Crippen LogP contribution in [0.5, 0.6) is 0 Å². The summed E-state index contributed by atoms with van der Waals surface area (Å²) in [5.41, 5.74) is 5.21. The monoisotopic (exact) mass is 225 g/mol. The molecule has 16 heavy (non-hydrogen) atoms. The Morgan fingerprint density at radius 1 is 1.31 bits per heavy atom. The second-order valence-corrected chi connectivity index (χ2v) is 4.71. The van der Waals surface area contributed by atoms with E-state index in [1.54, 1.807) is 4.90 Å². The number of nitrogens with zero attached hydrogens (tertiary/aromatic N) is 1. The molecule has 5 heteroatoms. The van der Waals surface area contributed by atoms with Crippen LogP contribution < -0.4 is 11.1 Å². The molecule has 1 atom stereocenters. The molecule has 0 aromatic rings. The van der Waals surface area contributed by atoms with E-state index >= 15 is 0 Å². The smallest absolute Gasteiger partial charge is 0.237 e. The fourth-order valence-corrected chi connectivity index (χ4v) is 2.35. The summed E-state index contributed by atoms with van der Waals surface area (Å²) in [6, 6.07) is 0.153. The van der Waals surface area contributed by atoms with Crippen molar-refractivity contribution in [2.45, 2.75) is 31.7 Å². The lowest BCUT2D eigenvalue weighted by atomic mass is 9.84. The van der Waals surface area contributed by atoms with E-state index < -0.39 is 5.91 Å². The third kappa shape index (κ3) is 2.35. The van der Waals surface area contributed by atoms with Crippen LogP contribution in [0, 0.1) is 5.92 Å². The topological polar surface area (TPSA) is 75.4 Å². The van der Waals surface area contributed by atoms with E-state index in [2.05, 4.69) is 5.32 Å². The molecule has 1 saturated heterocycles. The first-order chi connectivity index (χ1) is 7.68. The zero-order chi connectivity index (χ0) is 11.5. The van der Waals surface area contributed by atoms with Gasteiger partial charge in [-0.1, -0.05) is 6.42 Å². The van der Waals surface area contributed by atoms with Gasteiger partial charge in [0.25, 0.3) is 0 Å². The van der Waals surface area contributed by atoms with Crippen molar-refractivity contribution in [3.05, 3.63) is 0 Å². The summed E-state index contributed by atoms with van der Waals surface area (Å²) < 4.78 is 0. The van der Waals surface area contributed by atoms with Gasteiger partial charge < -0.3 is 16.0 Å². The van der Waals surface area contributed by atoms with Crippen molar-refractivity contribution >= 4 is 11.8 Å². The third-order valence-electron chi connectivity index (χ3n) is 3.54. The molecule has 0 bridgehead atoms. The lowest BCUT2D eigenvalue weighted by molar-refractivity contribution is -0.143. The molecule has 90 valence electrons. The van der Waals surface area contributed by atoms with Crippen molar-refractivity contribution in [1.82, 2.24) is 10.2 Å². The van der Waals surface area contributed by atoms with Gasteiger partial charge in [-0.05, 0) is 25.8 Å². The Balaban J connectivity index is 2.00. The van der Waals surface area contributed by atoms with Gasteiger partial charge in [0.05, 0.1) is 6.54 Å². The van der Waals surface area contributed by atoms with Crippen molar-refractivity contribution < 1.29 is 9.59 Å². The summed E-state index contributed by atoms with van der Waals surface area (Å²) in [4.78, 5) is 24.8. The quantitative estimate of drug-likeness (QED) is 0.675. The molecule has 2 amide bonds. The van der Waals surface area contributed by atoms with E-state index in [1.165, 1.54) is 0 Å². The Labute approximate surface area is 95.3 Å². The Bertz CT molecular complexity index is 283. The van der Waals surface area contributed by atoms with Crippen molar-refractivity contribution in [3.8, 4) is 0 Å². The molecule has 0 aromatic carbocycles. The highest BCUT2D eigenvalue weighted by Gasteiger charge is 2.34. The van der Waals surface area contributed by atoms with Crippen molar-refractivity contribution in [1.29, 1.82) is 0 Å². The average Bonchev–Trinajstić information content (AvgIpc) is 2.63. The van der Waals surface area contributed by atoms with Gasteiger partial charge in [-0.3, -0.25) is 9.59 Å². The standard InChI is InChI=1S/C11H19N3O2/c12-10(15)7-14(9-4-5-13-6-9)11(16)8-2-1-3-8/h8-9,13H,1-7H2,(H2,12,15). The van der Waals surface area contributed by atoms with E-state index in [4.69, 9.17) is 5.73 Å². The summed E-state index contributed by atoms with van der Waals surface area (Å²) >= 11 is 0. The summed E-state index contributed by atoms with van der Waals surface area (Å²) in [7, 11) is 0. The lowest BCUT2D eigenvalue weighted by Crippen LogP contribution is -2.49. The van der Waals surface area contributed by atoms with Crippen LogP contribution in [0.15, 0.2) is 0 Å². The van der Waals surface area contributed by atoms with Crippen LogP contribution in [0.4, 0.5) is 0 Å². The van der Waals surface area contributed by atoms with Gasteiger partial charge in [-0.25, -0.2) is 0 Å². The van der Waals surface area contributed by atoms with Crippen molar-refractivity contribution in [3.63, 3.8) is 0 Å². The third-order valence-corrected chi connectivity index (χ3v) is 3.54. The molecular weight excluding hydrogens is 206 g/mol. The number of rotatable bonds is 4. The lowest BCUT2D eigenvalue weighted by Gasteiger charge is -2.34. The van der Waals surface area contributed by atoms with Crippen LogP contribution in [-0.4, -0.2) is 42.4 Å². The minimum absolute atomic E-state index is 0.0711. The van der Waals surface area contributed by atoms with Crippen molar-refractivity contribution in [2.75, 3.05) is 19.6 Å². The molecular formula is C11H19N3O2. The maximum Gasteiger partial charge on any atom is 0.237 e. The number of hydrogen-bond donors (Lipinski definition) is 2. The van der Waals surface area contributed by atoms with E-state index in [0.29, 0.717) is 0 Å². The molecule has 1 heterocycles. The van der Waals surface area contributed by atoms with Gasteiger partial charge in [0.15, 0.2) is 0 Å². The second-order valence-electron chi connectivity index (χ2n) is 4.71. The predicted octanol–water partition coefficient (Wildman–Crippen LogP) is -0.538. The highest BCUT2D eigenvalue weighted by atomic mass is 16.2. The molecule has 1 aliphatic carbocycles. The van der Waals surface area contributed by atoms with Gasteiger partial charge in [0, 0.05) is 18.5 Å². The van der Waals surface area contributed by atoms with Crippen LogP contribution in [0.1, 0.15) is 25.7 Å². The van der Waals surface area contributed by atoms with Crippen LogP contribution in [-0.2, 0) is 9.59 Å². The maximum absolute atomic E-state index is 12.1. The molecule has 2 rings (SSSR count). The Morgan fingerprint density at radius 3 is 2.50 bits per heavy atom. The Kier molecular flexibility index (Phi) is 3.43. The molecule has 1 aliphatic heterocycles. The number of carbonyl (C=O) groups excluding carboxylic acids is 2. The second kappa shape index (κ2) is 4.82. The van der Waals surface area contributed by atoms with Crippen molar-refractivity contribution in [2.24, 2.45) is 11.7 Å². The highest BCUT2D eigenvalue weighted by Crippen LogP contribution is 2.29. The fourth-order valence-electron chi connectivity index (χ4n) is 2.35. The van der Waals surface area contributed by atoms with Crippen LogP contribution in [0.25, 0.3) is 0 Å². The highest BCUT2D eigenvalue weighted by molar-refractivity contribution is 5.85. The summed E-state index contributed by atoms with van der Waals surface area (Å²) in [6.07, 6.45) is 3.98. The molecule has 3 N–H and O–H groups in total. The molecule has 0 aromatic heterocycles. The van der Waals surface area contributed by atoms with Gasteiger partial charge in [0.1, 0.15) is 0 Å². The zero-order valence-corrected chi connectivity index (χ0v) is 9.45. The number of amides is 2. The Morgan fingerprint density at radius 2 is 2.06 bits per heavy atom. The first-order valence-corrected chi connectivity index (χ1v) is 5.98. The van der Waals surface area contributed by atoms with E-state index in [1.807, 2.05) is 0 Å². The Hall–Kier alpha value is -1.10. The van der Waals surface area contributed by atoms with Gasteiger partial charge in [-0.2, -0.15) is 0 Å². The molecule has 0 spiro atoms. The largest absolute Gasteiger partial charge is 0.368 e. The minimum Gasteiger partial charge on any atom is -0.368 e. The molecule has 5 nitrogen and oxygen atoms in total. The van der Waals surface area contributed by atoms with Gasteiger partial charge in [0.2, 0.25) is 11.8 Å². The van der Waals surface area contributed by atoms with Crippen LogP contribution in [0.3, 0.4) is 0 Å².